The van der Waals surface area contributed by atoms with Crippen molar-refractivity contribution in [2.24, 2.45) is 0 Å². The second-order valence-corrected chi connectivity index (χ2v) is 3.93. The number of amides is 1. The van der Waals surface area contributed by atoms with E-state index in [0.29, 0.717) is 11.3 Å². The molecule has 0 aliphatic rings. The molecule has 19 heavy (non-hydrogen) atoms. The molecule has 0 atom stereocenters. The Morgan fingerprint density at radius 2 is 2.05 bits per heavy atom. The van der Waals surface area contributed by atoms with Crippen LogP contribution in [0.15, 0.2) is 47.4 Å². The number of aromatic amines is 1. The highest BCUT2D eigenvalue weighted by atomic mass is 16.2. The van der Waals surface area contributed by atoms with E-state index in [9.17, 15) is 9.59 Å². The van der Waals surface area contributed by atoms with Gasteiger partial charge in [0.2, 0.25) is 5.56 Å². The normalized spacial score (nSPS) is 9.68. The Labute approximate surface area is 109 Å². The maximum absolute atomic E-state index is 12.2. The number of nitrogens with one attached hydrogen (secondary N) is 1. The summed E-state index contributed by atoms with van der Waals surface area (Å²) < 4.78 is 0. The quantitative estimate of drug-likeness (QED) is 0.881. The summed E-state index contributed by atoms with van der Waals surface area (Å²) in [6.07, 6.45) is 1.42. The topological polar surface area (TPSA) is 77.0 Å². The van der Waals surface area contributed by atoms with Crippen LogP contribution in [0, 0.1) is 11.3 Å². The van der Waals surface area contributed by atoms with E-state index in [1.807, 2.05) is 6.07 Å². The number of aromatic nitrogens is 1. The second-order valence-electron chi connectivity index (χ2n) is 3.93. The predicted octanol–water partition coefficient (Wildman–Crippen LogP) is 1.52. The highest BCUT2D eigenvalue weighted by molar-refractivity contribution is 6.06. The Balaban J connectivity index is 2.40. The van der Waals surface area contributed by atoms with Crippen LogP contribution in [0.3, 0.4) is 0 Å². The van der Waals surface area contributed by atoms with E-state index in [1.54, 1.807) is 31.3 Å². The first-order valence-electron chi connectivity index (χ1n) is 5.59. The molecule has 0 saturated heterocycles. The molecule has 0 saturated carbocycles. The first-order chi connectivity index (χ1) is 9.13. The molecule has 0 unspecified atom stereocenters. The number of benzene rings is 1. The third kappa shape index (κ3) is 2.53. The van der Waals surface area contributed by atoms with E-state index < -0.39 is 0 Å². The zero-order valence-electron chi connectivity index (χ0n) is 10.3. The van der Waals surface area contributed by atoms with Crippen molar-refractivity contribution in [3.63, 3.8) is 0 Å². The summed E-state index contributed by atoms with van der Waals surface area (Å²) in [5.74, 6) is -0.339. The number of pyridine rings is 1. The summed E-state index contributed by atoms with van der Waals surface area (Å²) in [6, 6.07) is 11.6. The molecule has 1 heterocycles. The second kappa shape index (κ2) is 5.19. The minimum absolute atomic E-state index is 0.277. The van der Waals surface area contributed by atoms with Gasteiger partial charge in [-0.25, -0.2) is 0 Å². The standard InChI is InChI=1S/C14H11N3O2/c1-17(12-5-3-2-4-11(12)9-15)14(19)10-6-7-16-13(18)8-10/h2-8H,1H3,(H,16,18). The number of rotatable bonds is 2. The Morgan fingerprint density at radius 3 is 2.74 bits per heavy atom. The number of hydrogen-bond donors (Lipinski definition) is 1. The van der Waals surface area contributed by atoms with E-state index in [-0.39, 0.29) is 17.0 Å². The summed E-state index contributed by atoms with van der Waals surface area (Å²) in [4.78, 5) is 27.2. The molecule has 0 fully saturated rings. The van der Waals surface area contributed by atoms with Gasteiger partial charge in [-0.15, -0.1) is 0 Å². The minimum Gasteiger partial charge on any atom is -0.329 e. The molecule has 5 heteroatoms. The van der Waals surface area contributed by atoms with Gasteiger partial charge in [0, 0.05) is 24.9 Å². The number of H-pyrrole nitrogens is 1. The molecule has 1 aromatic heterocycles. The largest absolute Gasteiger partial charge is 0.329 e. The first kappa shape index (κ1) is 12.6. The molecule has 5 nitrogen and oxygen atoms in total. The summed E-state index contributed by atoms with van der Waals surface area (Å²) in [5.41, 5.74) is 0.852. The van der Waals surface area contributed by atoms with Gasteiger partial charge in [0.25, 0.3) is 5.91 Å². The fourth-order valence-electron chi connectivity index (χ4n) is 1.74. The number of para-hydroxylation sites is 1. The molecule has 1 amide bonds. The summed E-state index contributed by atoms with van der Waals surface area (Å²) >= 11 is 0. The molecule has 0 radical (unpaired) electrons. The van der Waals surface area contributed by atoms with Gasteiger partial charge in [-0.1, -0.05) is 12.1 Å². The molecule has 0 aliphatic carbocycles. The van der Waals surface area contributed by atoms with Gasteiger partial charge in [-0.3, -0.25) is 9.59 Å². The Bertz CT molecular complexity index is 713. The zero-order chi connectivity index (χ0) is 13.8. The van der Waals surface area contributed by atoms with Gasteiger partial charge >= 0.3 is 0 Å². The summed E-state index contributed by atoms with van der Waals surface area (Å²) in [6.45, 7) is 0. The lowest BCUT2D eigenvalue weighted by molar-refractivity contribution is 0.0992. The molecule has 2 rings (SSSR count). The van der Waals surface area contributed by atoms with Crippen LogP contribution in [-0.4, -0.2) is 17.9 Å². The van der Waals surface area contributed by atoms with E-state index in [2.05, 4.69) is 4.98 Å². The van der Waals surface area contributed by atoms with E-state index in [1.165, 1.54) is 23.2 Å². The zero-order valence-corrected chi connectivity index (χ0v) is 10.3. The van der Waals surface area contributed by atoms with Gasteiger partial charge in [0.05, 0.1) is 11.3 Å². The molecular weight excluding hydrogens is 242 g/mol. The minimum atomic E-state index is -0.340. The highest BCUT2D eigenvalue weighted by Crippen LogP contribution is 2.19. The smallest absolute Gasteiger partial charge is 0.258 e. The van der Waals surface area contributed by atoms with Gasteiger partial charge < -0.3 is 9.88 Å². The highest BCUT2D eigenvalue weighted by Gasteiger charge is 2.16. The van der Waals surface area contributed by atoms with E-state index >= 15 is 0 Å². The Hall–Kier alpha value is -2.87. The number of nitrogens with zero attached hydrogens (tertiary/aromatic N) is 2. The maximum atomic E-state index is 12.2. The van der Waals surface area contributed by atoms with Gasteiger partial charge in [-0.05, 0) is 18.2 Å². The number of hydrogen-bond acceptors (Lipinski definition) is 3. The summed E-state index contributed by atoms with van der Waals surface area (Å²) in [7, 11) is 1.57. The third-order valence-corrected chi connectivity index (χ3v) is 2.71. The van der Waals surface area contributed by atoms with Gasteiger partial charge in [0.15, 0.2) is 0 Å². The maximum Gasteiger partial charge on any atom is 0.258 e. The van der Waals surface area contributed by atoms with Gasteiger partial charge in [0.1, 0.15) is 6.07 Å². The van der Waals surface area contributed by atoms with Crippen molar-refractivity contribution in [2.45, 2.75) is 0 Å². The Kier molecular flexibility index (Phi) is 3.44. The van der Waals surface area contributed by atoms with Crippen LogP contribution in [0.1, 0.15) is 15.9 Å². The molecule has 0 aliphatic heterocycles. The van der Waals surface area contributed by atoms with Crippen LogP contribution >= 0.6 is 0 Å². The molecule has 0 spiro atoms. The van der Waals surface area contributed by atoms with E-state index in [0.717, 1.165) is 0 Å². The number of carbonyl (C=O) groups is 1. The van der Waals surface area contributed by atoms with Crippen molar-refractivity contribution in [1.29, 1.82) is 5.26 Å². The van der Waals surface area contributed by atoms with E-state index in [4.69, 9.17) is 5.26 Å². The van der Waals surface area contributed by atoms with Crippen molar-refractivity contribution in [3.8, 4) is 6.07 Å². The van der Waals surface area contributed by atoms with Crippen LogP contribution in [0.2, 0.25) is 0 Å². The molecule has 0 bridgehead atoms. The van der Waals surface area contributed by atoms with Crippen molar-refractivity contribution >= 4 is 11.6 Å². The van der Waals surface area contributed by atoms with Crippen LogP contribution in [0.4, 0.5) is 5.69 Å². The van der Waals surface area contributed by atoms with Crippen molar-refractivity contribution < 1.29 is 4.79 Å². The first-order valence-corrected chi connectivity index (χ1v) is 5.59. The van der Waals surface area contributed by atoms with Crippen molar-refractivity contribution in [2.75, 3.05) is 11.9 Å². The predicted molar refractivity (Wildman–Crippen MR) is 71.0 cm³/mol. The van der Waals surface area contributed by atoms with Crippen LogP contribution < -0.4 is 10.5 Å². The lowest BCUT2D eigenvalue weighted by Crippen LogP contribution is -2.28. The van der Waals surface area contributed by atoms with Crippen molar-refractivity contribution in [1.82, 2.24) is 4.98 Å². The fraction of sp³-hybridized carbons (Fsp3) is 0.0714. The molecule has 1 aromatic carbocycles. The third-order valence-electron chi connectivity index (χ3n) is 2.71. The molecular formula is C14H11N3O2. The van der Waals surface area contributed by atoms with Crippen molar-refractivity contribution in [3.05, 3.63) is 64.1 Å². The number of anilines is 1. The fourth-order valence-corrected chi connectivity index (χ4v) is 1.74. The average molecular weight is 253 g/mol. The average Bonchev–Trinajstić information content (AvgIpc) is 2.45. The number of nitriles is 1. The summed E-state index contributed by atoms with van der Waals surface area (Å²) in [5, 5.41) is 9.02. The molecule has 2 aromatic rings. The lowest BCUT2D eigenvalue weighted by Gasteiger charge is -2.18. The molecule has 1 N–H and O–H groups in total. The lowest BCUT2D eigenvalue weighted by atomic mass is 10.1. The molecule has 94 valence electrons. The SMILES string of the molecule is CN(C(=O)c1cc[nH]c(=O)c1)c1ccccc1C#N. The van der Waals surface area contributed by atoms with Crippen LogP contribution in [0.5, 0.6) is 0 Å². The monoisotopic (exact) mass is 253 g/mol. The van der Waals surface area contributed by atoms with Crippen LogP contribution in [-0.2, 0) is 0 Å². The number of carbonyl (C=O) groups excluding carboxylic acids is 1. The Morgan fingerprint density at radius 1 is 1.32 bits per heavy atom. The van der Waals surface area contributed by atoms with Gasteiger partial charge in [-0.2, -0.15) is 5.26 Å². The van der Waals surface area contributed by atoms with Crippen LogP contribution in [0.25, 0.3) is 0 Å².